The molecule has 20 heavy (non-hydrogen) atoms. The van der Waals surface area contributed by atoms with Crippen LogP contribution in [-0.4, -0.2) is 25.0 Å². The molecule has 1 heterocycles. The molecule has 1 aliphatic rings. The summed E-state index contributed by atoms with van der Waals surface area (Å²) in [6.45, 7) is 3.92. The minimum atomic E-state index is -0.491. The molecule has 3 nitrogen and oxygen atoms in total. The molecule has 112 valence electrons. The monoisotopic (exact) mass is 364 g/mol. The Hall–Kier alpha value is -0.650. The van der Waals surface area contributed by atoms with Crippen LogP contribution in [0.15, 0.2) is 22.7 Å². The van der Waals surface area contributed by atoms with Crippen molar-refractivity contribution in [2.45, 2.75) is 25.8 Å². The Kier molecular flexibility index (Phi) is 6.92. The number of benzene rings is 1. The van der Waals surface area contributed by atoms with E-state index in [9.17, 15) is 9.18 Å². The number of amides is 1. The molecule has 1 fully saturated rings. The topological polar surface area (TPSA) is 41.1 Å². The molecule has 2 atom stereocenters. The zero-order valence-electron chi connectivity index (χ0n) is 11.3. The lowest BCUT2D eigenvalue weighted by molar-refractivity contribution is 0.0918. The Labute approximate surface area is 133 Å². The molecule has 0 bridgehead atoms. The molecule has 0 radical (unpaired) electrons. The molecule has 2 rings (SSSR count). The molecule has 1 saturated heterocycles. The highest BCUT2D eigenvalue weighted by Crippen LogP contribution is 2.18. The van der Waals surface area contributed by atoms with Gasteiger partial charge in [-0.2, -0.15) is 0 Å². The molecule has 0 aliphatic carbocycles. The molecule has 0 spiro atoms. The van der Waals surface area contributed by atoms with Crippen LogP contribution in [-0.2, 0) is 0 Å². The first-order valence-electron chi connectivity index (χ1n) is 6.54. The fourth-order valence-corrected chi connectivity index (χ4v) is 2.74. The van der Waals surface area contributed by atoms with E-state index in [-0.39, 0.29) is 29.9 Å². The van der Waals surface area contributed by atoms with E-state index >= 15 is 0 Å². The van der Waals surface area contributed by atoms with Gasteiger partial charge in [-0.3, -0.25) is 4.79 Å². The Morgan fingerprint density at radius 2 is 2.30 bits per heavy atom. The average molecular weight is 366 g/mol. The van der Waals surface area contributed by atoms with Gasteiger partial charge < -0.3 is 10.6 Å². The maximum atomic E-state index is 13.6. The first kappa shape index (κ1) is 17.4. The van der Waals surface area contributed by atoms with Crippen molar-refractivity contribution in [3.8, 4) is 0 Å². The van der Waals surface area contributed by atoms with Gasteiger partial charge in [0.1, 0.15) is 5.82 Å². The number of hydrogen-bond acceptors (Lipinski definition) is 2. The lowest BCUT2D eigenvalue weighted by Gasteiger charge is -2.29. The number of rotatable bonds is 3. The number of hydrogen-bond donors (Lipinski definition) is 2. The van der Waals surface area contributed by atoms with Gasteiger partial charge in [0.15, 0.2) is 0 Å². The predicted octanol–water partition coefficient (Wildman–Crippen LogP) is 3.13. The van der Waals surface area contributed by atoms with Crippen molar-refractivity contribution in [2.75, 3.05) is 13.1 Å². The molecule has 0 saturated carbocycles. The molecule has 0 aromatic heterocycles. The van der Waals surface area contributed by atoms with Crippen LogP contribution >= 0.6 is 28.3 Å². The van der Waals surface area contributed by atoms with Crippen molar-refractivity contribution in [1.82, 2.24) is 10.6 Å². The van der Waals surface area contributed by atoms with E-state index < -0.39 is 5.82 Å². The maximum Gasteiger partial charge on any atom is 0.254 e. The second-order valence-electron chi connectivity index (χ2n) is 4.99. The molecule has 6 heteroatoms. The number of halogens is 3. The summed E-state index contributed by atoms with van der Waals surface area (Å²) in [6.07, 6.45) is 2.21. The molecule has 1 aromatic rings. The summed E-state index contributed by atoms with van der Waals surface area (Å²) < 4.78 is 14.3. The highest BCUT2D eigenvalue weighted by Gasteiger charge is 2.22. The number of carbonyl (C=O) groups excluding carboxylic acids is 1. The second kappa shape index (κ2) is 7.96. The lowest BCUT2D eigenvalue weighted by Crippen LogP contribution is -2.44. The van der Waals surface area contributed by atoms with Gasteiger partial charge in [0.05, 0.1) is 5.56 Å². The zero-order chi connectivity index (χ0) is 13.8. The van der Waals surface area contributed by atoms with Crippen LogP contribution in [0, 0.1) is 11.7 Å². The Morgan fingerprint density at radius 1 is 1.55 bits per heavy atom. The van der Waals surface area contributed by atoms with Gasteiger partial charge in [-0.05, 0) is 57.0 Å². The molecule has 2 N–H and O–H groups in total. The predicted molar refractivity (Wildman–Crippen MR) is 83.9 cm³/mol. The van der Waals surface area contributed by atoms with E-state index in [2.05, 4.69) is 26.6 Å². The van der Waals surface area contributed by atoms with Crippen LogP contribution in [0.3, 0.4) is 0 Å². The van der Waals surface area contributed by atoms with Crippen molar-refractivity contribution in [1.29, 1.82) is 0 Å². The molecule has 1 aliphatic heterocycles. The third-order valence-corrected chi connectivity index (χ3v) is 4.07. The van der Waals surface area contributed by atoms with Crippen molar-refractivity contribution < 1.29 is 9.18 Å². The summed E-state index contributed by atoms with van der Waals surface area (Å²) in [5.41, 5.74) is 0.0880. The van der Waals surface area contributed by atoms with Gasteiger partial charge in [-0.15, -0.1) is 12.4 Å². The highest BCUT2D eigenvalue weighted by atomic mass is 79.9. The summed E-state index contributed by atoms with van der Waals surface area (Å²) in [6, 6.07) is 4.43. The van der Waals surface area contributed by atoms with Gasteiger partial charge in [-0.25, -0.2) is 4.39 Å². The molecule has 1 aromatic carbocycles. The van der Waals surface area contributed by atoms with Crippen LogP contribution in [0.5, 0.6) is 0 Å². The van der Waals surface area contributed by atoms with Crippen LogP contribution in [0.4, 0.5) is 4.39 Å². The molecule has 2 unspecified atom stereocenters. The summed E-state index contributed by atoms with van der Waals surface area (Å²) in [5, 5.41) is 6.21. The Morgan fingerprint density at radius 3 is 2.95 bits per heavy atom. The van der Waals surface area contributed by atoms with E-state index in [0.717, 1.165) is 25.9 Å². The van der Waals surface area contributed by atoms with Crippen molar-refractivity contribution in [3.05, 3.63) is 34.1 Å². The van der Waals surface area contributed by atoms with E-state index in [0.29, 0.717) is 10.4 Å². The van der Waals surface area contributed by atoms with Crippen molar-refractivity contribution in [2.24, 2.45) is 5.92 Å². The normalized spacial score (nSPS) is 19.9. The van der Waals surface area contributed by atoms with E-state index in [1.807, 2.05) is 6.92 Å². The quantitative estimate of drug-likeness (QED) is 0.864. The van der Waals surface area contributed by atoms with Crippen LogP contribution in [0.2, 0.25) is 0 Å². The van der Waals surface area contributed by atoms with E-state index in [1.54, 1.807) is 6.07 Å². The highest BCUT2D eigenvalue weighted by molar-refractivity contribution is 9.10. The minimum Gasteiger partial charge on any atom is -0.349 e. The standard InChI is InChI=1S/C14H18BrFN2O.ClH/c1-9(10-3-2-6-17-8-10)18-14(19)12-7-11(15)4-5-13(12)16;/h4-5,7,9-10,17H,2-3,6,8H2,1H3,(H,18,19);1H. The van der Waals surface area contributed by atoms with Crippen molar-refractivity contribution >= 4 is 34.2 Å². The van der Waals surface area contributed by atoms with E-state index in [4.69, 9.17) is 0 Å². The van der Waals surface area contributed by atoms with Crippen LogP contribution in [0.25, 0.3) is 0 Å². The SMILES string of the molecule is CC(NC(=O)c1cc(Br)ccc1F)C1CCCNC1.Cl. The summed E-state index contributed by atoms with van der Waals surface area (Å²) >= 11 is 3.25. The largest absolute Gasteiger partial charge is 0.349 e. The van der Waals surface area contributed by atoms with Crippen LogP contribution < -0.4 is 10.6 Å². The second-order valence-corrected chi connectivity index (χ2v) is 5.91. The maximum absolute atomic E-state index is 13.6. The summed E-state index contributed by atoms with van der Waals surface area (Å²) in [5.74, 6) is -0.431. The molecular weight excluding hydrogens is 347 g/mol. The third-order valence-electron chi connectivity index (χ3n) is 3.57. The first-order valence-corrected chi connectivity index (χ1v) is 7.34. The van der Waals surface area contributed by atoms with Gasteiger partial charge >= 0.3 is 0 Å². The molecular formula is C14H19BrClFN2O. The average Bonchev–Trinajstić information content (AvgIpc) is 2.42. The first-order chi connectivity index (χ1) is 9.08. The minimum absolute atomic E-state index is 0. The lowest BCUT2D eigenvalue weighted by atomic mass is 9.92. The van der Waals surface area contributed by atoms with E-state index in [1.165, 1.54) is 12.1 Å². The van der Waals surface area contributed by atoms with Gasteiger partial charge in [-0.1, -0.05) is 15.9 Å². The summed E-state index contributed by atoms with van der Waals surface area (Å²) in [4.78, 5) is 12.1. The van der Waals surface area contributed by atoms with Gasteiger partial charge in [0, 0.05) is 10.5 Å². The fourth-order valence-electron chi connectivity index (χ4n) is 2.38. The van der Waals surface area contributed by atoms with Gasteiger partial charge in [0.2, 0.25) is 0 Å². The fraction of sp³-hybridized carbons (Fsp3) is 0.500. The Bertz CT molecular complexity index is 466. The number of piperidine rings is 1. The third kappa shape index (κ3) is 4.43. The van der Waals surface area contributed by atoms with Crippen LogP contribution in [0.1, 0.15) is 30.1 Å². The molecule has 1 amide bonds. The number of carbonyl (C=O) groups is 1. The smallest absolute Gasteiger partial charge is 0.254 e. The summed E-state index contributed by atoms with van der Waals surface area (Å²) in [7, 11) is 0. The van der Waals surface area contributed by atoms with Crippen molar-refractivity contribution in [3.63, 3.8) is 0 Å². The zero-order valence-corrected chi connectivity index (χ0v) is 13.7. The number of nitrogens with one attached hydrogen (secondary N) is 2. The van der Waals surface area contributed by atoms with Gasteiger partial charge in [0.25, 0.3) is 5.91 Å². The Balaban J connectivity index is 0.00000200.